The Balaban J connectivity index is 2.05. The zero-order valence-electron chi connectivity index (χ0n) is 6.95. The summed E-state index contributed by atoms with van der Waals surface area (Å²) in [5, 5.41) is 22.1. The van der Waals surface area contributed by atoms with Crippen LogP contribution in [0.2, 0.25) is 0 Å². The largest absolute Gasteiger partial charge is 0.394 e. The lowest BCUT2D eigenvalue weighted by atomic mass is 10.2. The van der Waals surface area contributed by atoms with Gasteiger partial charge in [0.1, 0.15) is 18.8 Å². The molecule has 6 heteroatoms. The number of nitrogens with zero attached hydrogens (tertiary/aromatic N) is 3. The second-order valence-corrected chi connectivity index (χ2v) is 2.99. The normalized spacial score (nSPS) is 33.8. The van der Waals surface area contributed by atoms with Crippen LogP contribution >= 0.6 is 0 Å². The molecule has 0 spiro atoms. The second kappa shape index (κ2) is 3.41. The van der Waals surface area contributed by atoms with Crippen LogP contribution in [-0.2, 0) is 4.74 Å². The van der Waals surface area contributed by atoms with Gasteiger partial charge in [0.05, 0.1) is 12.7 Å². The average molecular weight is 185 g/mol. The summed E-state index contributed by atoms with van der Waals surface area (Å²) < 4.78 is 6.85. The Bertz CT molecular complexity index is 264. The predicted octanol–water partition coefficient (Wildman–Crippen LogP) is -1.08. The van der Waals surface area contributed by atoms with Crippen molar-refractivity contribution in [2.24, 2.45) is 0 Å². The molecule has 1 fully saturated rings. The Kier molecular flexibility index (Phi) is 2.26. The molecule has 0 aliphatic carbocycles. The lowest BCUT2D eigenvalue weighted by Gasteiger charge is -2.11. The van der Waals surface area contributed by atoms with Gasteiger partial charge in [-0.3, -0.25) is 0 Å². The van der Waals surface area contributed by atoms with E-state index in [9.17, 15) is 5.11 Å². The first-order valence-electron chi connectivity index (χ1n) is 4.09. The van der Waals surface area contributed by atoms with Crippen LogP contribution in [0.3, 0.4) is 0 Å². The Labute approximate surface area is 74.8 Å². The van der Waals surface area contributed by atoms with Gasteiger partial charge in [-0.1, -0.05) is 0 Å². The number of aliphatic hydroxyl groups is 2. The van der Waals surface area contributed by atoms with Gasteiger partial charge in [-0.05, 0) is 0 Å². The quantitative estimate of drug-likeness (QED) is 0.612. The fraction of sp³-hybridized carbons (Fsp3) is 0.714. The van der Waals surface area contributed by atoms with Gasteiger partial charge in [0.2, 0.25) is 0 Å². The first-order chi connectivity index (χ1) is 6.31. The van der Waals surface area contributed by atoms with E-state index in [1.165, 1.54) is 17.3 Å². The van der Waals surface area contributed by atoms with Gasteiger partial charge in [-0.15, -0.1) is 0 Å². The molecular formula is C7H11N3O3. The molecule has 3 atom stereocenters. The van der Waals surface area contributed by atoms with Crippen molar-refractivity contribution in [3.8, 4) is 0 Å². The number of hydrogen-bond acceptors (Lipinski definition) is 5. The number of hydrogen-bond donors (Lipinski definition) is 2. The summed E-state index contributed by atoms with van der Waals surface area (Å²) in [5.41, 5.74) is 0. The van der Waals surface area contributed by atoms with Gasteiger partial charge in [0.25, 0.3) is 0 Å². The third-order valence-electron chi connectivity index (χ3n) is 2.12. The minimum Gasteiger partial charge on any atom is -0.394 e. The fourth-order valence-electron chi connectivity index (χ4n) is 1.41. The molecule has 13 heavy (non-hydrogen) atoms. The maximum atomic E-state index is 9.41. The highest BCUT2D eigenvalue weighted by Gasteiger charge is 2.34. The van der Waals surface area contributed by atoms with Crippen molar-refractivity contribution in [2.75, 3.05) is 6.61 Å². The molecule has 2 rings (SSSR count). The Hall–Kier alpha value is -0.980. The van der Waals surface area contributed by atoms with Crippen molar-refractivity contribution >= 4 is 0 Å². The van der Waals surface area contributed by atoms with Crippen LogP contribution in [0.4, 0.5) is 0 Å². The maximum Gasteiger partial charge on any atom is 0.155 e. The lowest BCUT2D eigenvalue weighted by Crippen LogP contribution is -2.24. The molecular weight excluding hydrogens is 174 g/mol. The van der Waals surface area contributed by atoms with Gasteiger partial charge in [0, 0.05) is 6.42 Å². The van der Waals surface area contributed by atoms with Crippen LogP contribution in [0, 0.1) is 0 Å². The van der Waals surface area contributed by atoms with Crippen LogP contribution in [0.1, 0.15) is 12.6 Å². The lowest BCUT2D eigenvalue weighted by molar-refractivity contribution is -0.0485. The van der Waals surface area contributed by atoms with E-state index in [1.807, 2.05) is 0 Å². The van der Waals surface area contributed by atoms with Gasteiger partial charge in [-0.25, -0.2) is 9.67 Å². The van der Waals surface area contributed by atoms with Crippen molar-refractivity contribution in [3.05, 3.63) is 12.7 Å². The van der Waals surface area contributed by atoms with Crippen molar-refractivity contribution in [1.82, 2.24) is 14.8 Å². The Morgan fingerprint density at radius 3 is 3.00 bits per heavy atom. The van der Waals surface area contributed by atoms with E-state index < -0.39 is 12.2 Å². The van der Waals surface area contributed by atoms with Crippen molar-refractivity contribution in [1.29, 1.82) is 0 Å². The second-order valence-electron chi connectivity index (χ2n) is 2.99. The molecule has 0 saturated carbocycles. The van der Waals surface area contributed by atoms with Crippen LogP contribution in [0.25, 0.3) is 0 Å². The summed E-state index contributed by atoms with van der Waals surface area (Å²) in [6, 6.07) is 0. The van der Waals surface area contributed by atoms with E-state index in [-0.39, 0.29) is 12.8 Å². The third kappa shape index (κ3) is 1.55. The van der Waals surface area contributed by atoms with Crippen molar-refractivity contribution in [2.45, 2.75) is 24.9 Å². The molecule has 0 unspecified atom stereocenters. The van der Waals surface area contributed by atoms with E-state index in [0.717, 1.165) is 0 Å². The maximum absolute atomic E-state index is 9.41. The molecule has 0 bridgehead atoms. The minimum atomic E-state index is -0.626. The minimum absolute atomic E-state index is 0.174. The van der Waals surface area contributed by atoms with Gasteiger partial charge >= 0.3 is 0 Å². The van der Waals surface area contributed by atoms with Gasteiger partial charge < -0.3 is 14.9 Å². The monoisotopic (exact) mass is 185 g/mol. The molecule has 1 aromatic rings. The molecule has 72 valence electrons. The summed E-state index contributed by atoms with van der Waals surface area (Å²) >= 11 is 0. The molecule has 0 amide bonds. The topological polar surface area (TPSA) is 80.4 Å². The zero-order chi connectivity index (χ0) is 9.26. The van der Waals surface area contributed by atoms with Crippen molar-refractivity contribution in [3.63, 3.8) is 0 Å². The zero-order valence-corrected chi connectivity index (χ0v) is 6.95. The smallest absolute Gasteiger partial charge is 0.155 e. The molecule has 1 saturated heterocycles. The van der Waals surface area contributed by atoms with Crippen LogP contribution in [-0.4, -0.2) is 43.8 Å². The van der Waals surface area contributed by atoms with Crippen molar-refractivity contribution < 1.29 is 14.9 Å². The highest BCUT2D eigenvalue weighted by atomic mass is 16.5. The van der Waals surface area contributed by atoms with E-state index in [4.69, 9.17) is 9.84 Å². The van der Waals surface area contributed by atoms with E-state index in [1.54, 1.807) is 0 Å². The summed E-state index contributed by atoms with van der Waals surface area (Å²) in [7, 11) is 0. The summed E-state index contributed by atoms with van der Waals surface area (Å²) in [5.74, 6) is 0. The van der Waals surface area contributed by atoms with Crippen LogP contribution in [0.15, 0.2) is 12.7 Å². The first kappa shape index (κ1) is 8.61. The Morgan fingerprint density at radius 1 is 1.62 bits per heavy atom. The van der Waals surface area contributed by atoms with Gasteiger partial charge in [-0.2, -0.15) is 5.10 Å². The van der Waals surface area contributed by atoms with Crippen LogP contribution in [0.5, 0.6) is 0 Å². The fourth-order valence-corrected chi connectivity index (χ4v) is 1.41. The SMILES string of the molecule is OC[C@H]1O[C@H](n2cncn2)C[C@@H]1O. The predicted molar refractivity (Wildman–Crippen MR) is 41.6 cm³/mol. The van der Waals surface area contributed by atoms with Crippen LogP contribution < -0.4 is 0 Å². The number of aromatic nitrogens is 3. The number of aliphatic hydroxyl groups excluding tert-OH is 2. The number of rotatable bonds is 2. The summed E-state index contributed by atoms with van der Waals surface area (Å²) in [4.78, 5) is 3.77. The molecule has 6 nitrogen and oxygen atoms in total. The molecule has 1 aliphatic rings. The molecule has 2 N–H and O–H groups in total. The Morgan fingerprint density at radius 2 is 2.46 bits per heavy atom. The van der Waals surface area contributed by atoms with E-state index >= 15 is 0 Å². The molecule has 0 aromatic carbocycles. The number of ether oxygens (including phenoxy) is 1. The first-order valence-corrected chi connectivity index (χ1v) is 4.09. The molecule has 1 aliphatic heterocycles. The summed E-state index contributed by atoms with van der Waals surface area (Å²) in [6.45, 7) is -0.174. The molecule has 2 heterocycles. The summed E-state index contributed by atoms with van der Waals surface area (Å²) in [6.07, 6.45) is 1.93. The van der Waals surface area contributed by atoms with E-state index in [2.05, 4.69) is 10.1 Å². The highest BCUT2D eigenvalue weighted by molar-refractivity contribution is 4.79. The average Bonchev–Trinajstić information content (AvgIpc) is 2.71. The third-order valence-corrected chi connectivity index (χ3v) is 2.12. The standard InChI is InChI=1S/C7H11N3O3/c11-2-6-5(12)1-7(13-6)10-4-8-3-9-10/h3-7,11-12H,1-2H2/t5-,6+,7-/m0/s1. The highest BCUT2D eigenvalue weighted by Crippen LogP contribution is 2.27. The molecule has 0 radical (unpaired) electrons. The van der Waals surface area contributed by atoms with Gasteiger partial charge in [0.15, 0.2) is 6.23 Å². The molecule has 1 aromatic heterocycles. The van der Waals surface area contributed by atoms with E-state index in [0.29, 0.717) is 6.42 Å².